The van der Waals surface area contributed by atoms with Crippen LogP contribution in [0.2, 0.25) is 0 Å². The summed E-state index contributed by atoms with van der Waals surface area (Å²) in [5, 5.41) is 0. The Labute approximate surface area is 122 Å². The number of pyridine rings is 1. The molecule has 3 rings (SSSR count). The van der Waals surface area contributed by atoms with Gasteiger partial charge in [-0.1, -0.05) is 12.1 Å². The highest BCUT2D eigenvalue weighted by Gasteiger charge is 2.25. The second-order valence-electron chi connectivity index (χ2n) is 4.90. The van der Waals surface area contributed by atoms with Crippen molar-refractivity contribution in [1.29, 1.82) is 0 Å². The normalized spacial score (nSPS) is 16.2. The molecule has 0 aliphatic carbocycles. The second kappa shape index (κ2) is 5.54. The summed E-state index contributed by atoms with van der Waals surface area (Å²) in [5.74, 6) is 0.443. The van der Waals surface area contributed by atoms with Gasteiger partial charge in [-0.3, -0.25) is 4.98 Å². The first-order chi connectivity index (χ1) is 10.2. The number of benzene rings is 1. The summed E-state index contributed by atoms with van der Waals surface area (Å²) >= 11 is 0. The number of ether oxygens (including phenoxy) is 2. The Morgan fingerprint density at radius 3 is 2.95 bits per heavy atom. The van der Waals surface area contributed by atoms with Crippen molar-refractivity contribution in [1.82, 2.24) is 4.98 Å². The van der Waals surface area contributed by atoms with Gasteiger partial charge in [0.2, 0.25) is 0 Å². The summed E-state index contributed by atoms with van der Waals surface area (Å²) in [7, 11) is 1.35. The molecule has 0 unspecified atom stereocenters. The number of hydrogen-bond acceptors (Lipinski definition) is 5. The Balaban J connectivity index is 1.95. The molecule has 1 atom stereocenters. The quantitative estimate of drug-likeness (QED) is 0.870. The van der Waals surface area contributed by atoms with Crippen LogP contribution >= 0.6 is 0 Å². The average Bonchev–Trinajstić information content (AvgIpc) is 2.97. The van der Waals surface area contributed by atoms with E-state index in [1.54, 1.807) is 12.1 Å². The Kier molecular flexibility index (Phi) is 3.58. The van der Waals surface area contributed by atoms with E-state index in [0.29, 0.717) is 12.1 Å². The van der Waals surface area contributed by atoms with Gasteiger partial charge in [0.25, 0.3) is 0 Å². The number of esters is 1. The van der Waals surface area contributed by atoms with Crippen molar-refractivity contribution in [2.24, 2.45) is 5.73 Å². The molecule has 2 heterocycles. The van der Waals surface area contributed by atoms with Crippen LogP contribution in [0.15, 0.2) is 36.5 Å². The zero-order valence-corrected chi connectivity index (χ0v) is 11.7. The molecule has 0 amide bonds. The van der Waals surface area contributed by atoms with Crippen molar-refractivity contribution in [3.63, 3.8) is 0 Å². The molecule has 0 bridgehead atoms. The minimum atomic E-state index is -0.396. The highest BCUT2D eigenvalue weighted by atomic mass is 16.5. The third-order valence-corrected chi connectivity index (χ3v) is 3.55. The van der Waals surface area contributed by atoms with E-state index < -0.39 is 5.97 Å². The molecular weight excluding hydrogens is 268 g/mol. The van der Waals surface area contributed by atoms with Crippen LogP contribution in [0.3, 0.4) is 0 Å². The maximum atomic E-state index is 11.4. The number of methoxy groups -OCH3 is 1. The van der Waals surface area contributed by atoms with Crippen molar-refractivity contribution >= 4 is 5.97 Å². The van der Waals surface area contributed by atoms with Gasteiger partial charge < -0.3 is 15.2 Å². The molecule has 0 saturated heterocycles. The molecule has 0 spiro atoms. The molecule has 5 nitrogen and oxygen atoms in total. The minimum absolute atomic E-state index is 0.0236. The molecule has 1 aromatic carbocycles. The SMILES string of the molecule is COC(=O)c1ccc(-c2cccc3c2O[C@@H](CN)C3)nc1. The van der Waals surface area contributed by atoms with Gasteiger partial charge in [-0.2, -0.15) is 0 Å². The standard InChI is InChI=1S/C16H16N2O3/c1-20-16(19)11-5-6-14(18-9-11)13-4-2-3-10-7-12(8-17)21-15(10)13/h2-6,9,12H,7-8,17H2,1H3/t12-/m1/s1. The lowest BCUT2D eigenvalue weighted by Crippen LogP contribution is -2.24. The van der Waals surface area contributed by atoms with Crippen LogP contribution in [0.25, 0.3) is 11.3 Å². The molecule has 5 heteroatoms. The molecule has 2 N–H and O–H groups in total. The second-order valence-corrected chi connectivity index (χ2v) is 4.90. The summed E-state index contributed by atoms with van der Waals surface area (Å²) in [5.41, 5.74) is 8.92. The molecule has 2 aromatic rings. The Morgan fingerprint density at radius 2 is 2.29 bits per heavy atom. The predicted molar refractivity (Wildman–Crippen MR) is 78.2 cm³/mol. The van der Waals surface area contributed by atoms with E-state index >= 15 is 0 Å². The van der Waals surface area contributed by atoms with Gasteiger partial charge in [-0.25, -0.2) is 4.79 Å². The first-order valence-electron chi connectivity index (χ1n) is 6.76. The summed E-state index contributed by atoms with van der Waals surface area (Å²) in [6.07, 6.45) is 2.35. The number of nitrogens with two attached hydrogens (primary N) is 1. The molecule has 21 heavy (non-hydrogen) atoms. The van der Waals surface area contributed by atoms with E-state index in [1.165, 1.54) is 13.3 Å². The van der Waals surface area contributed by atoms with Crippen molar-refractivity contribution in [2.45, 2.75) is 12.5 Å². The van der Waals surface area contributed by atoms with Crippen LogP contribution < -0.4 is 10.5 Å². The Bertz CT molecular complexity index is 668. The first kappa shape index (κ1) is 13.6. The lowest BCUT2D eigenvalue weighted by atomic mass is 10.0. The number of rotatable bonds is 3. The average molecular weight is 284 g/mol. The number of nitrogens with zero attached hydrogens (tertiary/aromatic N) is 1. The topological polar surface area (TPSA) is 74.4 Å². The van der Waals surface area contributed by atoms with Gasteiger partial charge in [-0.05, 0) is 23.8 Å². The number of fused-ring (bicyclic) bond motifs is 1. The van der Waals surface area contributed by atoms with Gasteiger partial charge in [-0.15, -0.1) is 0 Å². The number of carbonyl (C=O) groups is 1. The van der Waals surface area contributed by atoms with Crippen LogP contribution in [0, 0.1) is 0 Å². The van der Waals surface area contributed by atoms with E-state index in [4.69, 9.17) is 10.5 Å². The number of aromatic nitrogens is 1. The molecule has 0 saturated carbocycles. The van der Waals surface area contributed by atoms with Crippen molar-refractivity contribution in [3.05, 3.63) is 47.7 Å². The third kappa shape index (κ3) is 2.48. The fraction of sp³-hybridized carbons (Fsp3) is 0.250. The molecule has 0 radical (unpaired) electrons. The zero-order chi connectivity index (χ0) is 14.8. The smallest absolute Gasteiger partial charge is 0.339 e. The lowest BCUT2D eigenvalue weighted by molar-refractivity contribution is 0.0600. The summed E-state index contributed by atoms with van der Waals surface area (Å²) in [6, 6.07) is 9.46. The number of hydrogen-bond donors (Lipinski definition) is 1. The molecule has 1 aliphatic rings. The monoisotopic (exact) mass is 284 g/mol. The molecule has 0 fully saturated rings. The fourth-order valence-corrected chi connectivity index (χ4v) is 2.46. The van der Waals surface area contributed by atoms with Crippen LogP contribution in [-0.2, 0) is 11.2 Å². The highest BCUT2D eigenvalue weighted by Crippen LogP contribution is 2.37. The van der Waals surface area contributed by atoms with Gasteiger partial charge in [0.1, 0.15) is 11.9 Å². The Morgan fingerprint density at radius 1 is 1.43 bits per heavy atom. The minimum Gasteiger partial charge on any atom is -0.488 e. The highest BCUT2D eigenvalue weighted by molar-refractivity contribution is 5.89. The number of para-hydroxylation sites is 1. The molecule has 108 valence electrons. The first-order valence-corrected chi connectivity index (χ1v) is 6.76. The largest absolute Gasteiger partial charge is 0.488 e. The Hall–Kier alpha value is -2.40. The van der Waals surface area contributed by atoms with Crippen molar-refractivity contribution < 1.29 is 14.3 Å². The summed E-state index contributed by atoms with van der Waals surface area (Å²) in [4.78, 5) is 15.8. The van der Waals surface area contributed by atoms with Crippen LogP contribution in [0.4, 0.5) is 0 Å². The summed E-state index contributed by atoms with van der Waals surface area (Å²) in [6.45, 7) is 0.489. The van der Waals surface area contributed by atoms with E-state index in [9.17, 15) is 4.79 Å². The molecule has 1 aliphatic heterocycles. The van der Waals surface area contributed by atoms with Crippen molar-refractivity contribution in [2.75, 3.05) is 13.7 Å². The maximum Gasteiger partial charge on any atom is 0.339 e. The fourth-order valence-electron chi connectivity index (χ4n) is 2.46. The van der Waals surface area contributed by atoms with Gasteiger partial charge in [0.15, 0.2) is 0 Å². The van der Waals surface area contributed by atoms with Crippen LogP contribution in [0.5, 0.6) is 5.75 Å². The molecule has 1 aromatic heterocycles. The van der Waals surface area contributed by atoms with E-state index in [0.717, 1.165) is 29.0 Å². The van der Waals surface area contributed by atoms with E-state index in [2.05, 4.69) is 9.72 Å². The lowest BCUT2D eigenvalue weighted by Gasteiger charge is -2.10. The van der Waals surface area contributed by atoms with Crippen LogP contribution in [0.1, 0.15) is 15.9 Å². The van der Waals surface area contributed by atoms with Crippen LogP contribution in [-0.4, -0.2) is 30.7 Å². The zero-order valence-electron chi connectivity index (χ0n) is 11.7. The predicted octanol–water partition coefficient (Wildman–Crippen LogP) is 1.80. The third-order valence-electron chi connectivity index (χ3n) is 3.55. The van der Waals surface area contributed by atoms with Gasteiger partial charge >= 0.3 is 5.97 Å². The molecular formula is C16H16N2O3. The number of carbonyl (C=O) groups excluding carboxylic acids is 1. The van der Waals surface area contributed by atoms with Gasteiger partial charge in [0.05, 0.1) is 18.4 Å². The maximum absolute atomic E-state index is 11.4. The summed E-state index contributed by atoms with van der Waals surface area (Å²) < 4.78 is 10.6. The van der Waals surface area contributed by atoms with Crippen molar-refractivity contribution in [3.8, 4) is 17.0 Å². The van der Waals surface area contributed by atoms with Gasteiger partial charge in [0, 0.05) is 24.7 Å². The van der Waals surface area contributed by atoms with E-state index in [-0.39, 0.29) is 6.10 Å². The van der Waals surface area contributed by atoms with E-state index in [1.807, 2.05) is 18.2 Å².